The first-order valence-electron chi connectivity index (χ1n) is 8.48. The molecular formula is C18H12N9O2S+. The maximum atomic E-state index is 12.4. The lowest BCUT2D eigenvalue weighted by Gasteiger charge is -2.07. The molecule has 146 valence electrons. The van der Waals surface area contributed by atoms with Gasteiger partial charge in [0.25, 0.3) is 10.0 Å². The highest BCUT2D eigenvalue weighted by Gasteiger charge is 2.16. The van der Waals surface area contributed by atoms with E-state index in [4.69, 9.17) is 5.39 Å². The number of pyridine rings is 2. The highest BCUT2D eigenvalue weighted by atomic mass is 32.2. The Morgan fingerprint density at radius 1 is 0.800 bits per heavy atom. The predicted octanol–water partition coefficient (Wildman–Crippen LogP) is 2.68. The number of hydrogen-bond acceptors (Lipinski definition) is 9. The molecule has 0 radical (unpaired) electrons. The van der Waals surface area contributed by atoms with Gasteiger partial charge in [0.2, 0.25) is 17.0 Å². The van der Waals surface area contributed by atoms with Crippen molar-refractivity contribution in [3.8, 4) is 23.0 Å². The Morgan fingerprint density at radius 2 is 1.47 bits per heavy atom. The summed E-state index contributed by atoms with van der Waals surface area (Å²) in [7, 11) is -3.83. The molecule has 0 saturated heterocycles. The molecule has 12 heteroatoms. The van der Waals surface area contributed by atoms with Crippen LogP contribution in [-0.2, 0) is 10.0 Å². The molecular weight excluding hydrogens is 406 g/mol. The van der Waals surface area contributed by atoms with Gasteiger partial charge in [-0.25, -0.2) is 8.42 Å². The Balaban J connectivity index is 1.50. The van der Waals surface area contributed by atoms with Crippen molar-refractivity contribution in [1.29, 1.82) is 5.39 Å². The molecule has 3 aromatic heterocycles. The van der Waals surface area contributed by atoms with Gasteiger partial charge in [-0.15, -0.1) is 20.4 Å². The molecule has 4 aromatic rings. The summed E-state index contributed by atoms with van der Waals surface area (Å²) in [6.45, 7) is 0. The van der Waals surface area contributed by atoms with Crippen LogP contribution >= 0.6 is 0 Å². The summed E-state index contributed by atoms with van der Waals surface area (Å²) in [5.41, 5.74) is 1.42. The van der Waals surface area contributed by atoms with Crippen LogP contribution in [-0.4, -0.2) is 38.8 Å². The van der Waals surface area contributed by atoms with Crippen LogP contribution < -0.4 is 4.72 Å². The van der Waals surface area contributed by atoms with E-state index < -0.39 is 10.0 Å². The van der Waals surface area contributed by atoms with E-state index in [9.17, 15) is 8.42 Å². The normalized spacial score (nSPS) is 10.9. The number of nitrogens with one attached hydrogen (secondary N) is 1. The molecule has 0 saturated carbocycles. The first-order chi connectivity index (χ1) is 14.5. The molecule has 0 unspecified atom stereocenters. The summed E-state index contributed by atoms with van der Waals surface area (Å²) in [5.74, 6) is 0.469. The third kappa shape index (κ3) is 4.05. The van der Waals surface area contributed by atoms with Gasteiger partial charge in [0.15, 0.2) is 4.98 Å². The minimum absolute atomic E-state index is 0.0146. The fraction of sp³-hybridized carbons (Fsp3) is 0. The number of sulfonamides is 1. The van der Waals surface area contributed by atoms with Gasteiger partial charge >= 0.3 is 5.69 Å². The van der Waals surface area contributed by atoms with E-state index in [1.54, 1.807) is 30.5 Å². The van der Waals surface area contributed by atoms with Crippen LogP contribution in [0.4, 0.5) is 11.4 Å². The van der Waals surface area contributed by atoms with Crippen LogP contribution in [0.2, 0.25) is 0 Å². The topological polar surface area (TPSA) is 152 Å². The zero-order valence-corrected chi connectivity index (χ0v) is 16.0. The Bertz CT molecular complexity index is 1300. The lowest BCUT2D eigenvalue weighted by Crippen LogP contribution is -2.13. The first kappa shape index (κ1) is 19.0. The molecule has 0 aliphatic heterocycles. The fourth-order valence-corrected chi connectivity index (χ4v) is 3.47. The van der Waals surface area contributed by atoms with Gasteiger partial charge in [-0.3, -0.25) is 14.7 Å². The SMILES string of the molecule is N#[N+]c1ccc(S(=O)(=O)Nc2ccc(-c3nnc(-c4ccccn4)nn3)nc2)cc1. The zero-order chi connectivity index (χ0) is 21.0. The maximum absolute atomic E-state index is 12.4. The second kappa shape index (κ2) is 7.94. The molecule has 0 spiro atoms. The monoisotopic (exact) mass is 418 g/mol. The van der Waals surface area contributed by atoms with E-state index in [1.165, 1.54) is 36.5 Å². The average Bonchev–Trinajstić information content (AvgIpc) is 2.80. The molecule has 1 aromatic carbocycles. The number of nitrogens with zero attached hydrogens (tertiary/aromatic N) is 8. The van der Waals surface area contributed by atoms with Crippen LogP contribution in [0.5, 0.6) is 0 Å². The molecule has 3 heterocycles. The average molecular weight is 418 g/mol. The van der Waals surface area contributed by atoms with Gasteiger partial charge in [0.05, 0.1) is 16.8 Å². The van der Waals surface area contributed by atoms with Crippen molar-refractivity contribution in [1.82, 2.24) is 30.4 Å². The minimum atomic E-state index is -3.83. The predicted molar refractivity (Wildman–Crippen MR) is 106 cm³/mol. The number of anilines is 1. The summed E-state index contributed by atoms with van der Waals surface area (Å²) in [6, 6.07) is 13.8. The quantitative estimate of drug-likeness (QED) is 0.482. The molecule has 1 N–H and O–H groups in total. The maximum Gasteiger partial charge on any atom is 0.385 e. The highest BCUT2D eigenvalue weighted by molar-refractivity contribution is 7.92. The first-order valence-corrected chi connectivity index (χ1v) is 9.97. The van der Waals surface area contributed by atoms with Crippen molar-refractivity contribution >= 4 is 21.4 Å². The summed E-state index contributed by atoms with van der Waals surface area (Å²) < 4.78 is 27.3. The third-order valence-electron chi connectivity index (χ3n) is 3.88. The number of benzene rings is 1. The van der Waals surface area contributed by atoms with Crippen molar-refractivity contribution in [3.05, 3.63) is 72.0 Å². The van der Waals surface area contributed by atoms with Crippen molar-refractivity contribution < 1.29 is 8.42 Å². The van der Waals surface area contributed by atoms with Gasteiger partial charge in [-0.2, -0.15) is 0 Å². The van der Waals surface area contributed by atoms with E-state index >= 15 is 0 Å². The van der Waals surface area contributed by atoms with Crippen molar-refractivity contribution in [3.63, 3.8) is 0 Å². The number of rotatable bonds is 5. The Labute approximate surface area is 170 Å². The fourth-order valence-electron chi connectivity index (χ4n) is 2.42. The largest absolute Gasteiger partial charge is 0.385 e. The van der Waals surface area contributed by atoms with Gasteiger partial charge in [0.1, 0.15) is 11.4 Å². The summed E-state index contributed by atoms with van der Waals surface area (Å²) >= 11 is 0. The third-order valence-corrected chi connectivity index (χ3v) is 5.28. The molecule has 11 nitrogen and oxygen atoms in total. The second-order valence-corrected chi connectivity index (χ2v) is 7.58. The minimum Gasteiger partial charge on any atom is -0.278 e. The summed E-state index contributed by atoms with van der Waals surface area (Å²) in [6.07, 6.45) is 2.95. The van der Waals surface area contributed by atoms with Crippen LogP contribution in [0, 0.1) is 5.39 Å². The Morgan fingerprint density at radius 3 is 2.00 bits per heavy atom. The molecule has 30 heavy (non-hydrogen) atoms. The summed E-state index contributed by atoms with van der Waals surface area (Å²) in [5, 5.41) is 24.7. The highest BCUT2D eigenvalue weighted by Crippen LogP contribution is 2.20. The molecule has 0 aliphatic carbocycles. The van der Waals surface area contributed by atoms with Gasteiger partial charge < -0.3 is 0 Å². The Kier molecular flexibility index (Phi) is 5.02. The van der Waals surface area contributed by atoms with Crippen molar-refractivity contribution in [2.75, 3.05) is 4.72 Å². The summed E-state index contributed by atoms with van der Waals surface area (Å²) in [4.78, 5) is 11.3. The van der Waals surface area contributed by atoms with Crippen molar-refractivity contribution in [2.45, 2.75) is 4.90 Å². The molecule has 0 bridgehead atoms. The van der Waals surface area contributed by atoms with Gasteiger partial charge in [0, 0.05) is 18.3 Å². The van der Waals surface area contributed by atoms with E-state index in [-0.39, 0.29) is 27.9 Å². The Hall–Kier alpha value is -4.37. The lowest BCUT2D eigenvalue weighted by atomic mass is 10.3. The van der Waals surface area contributed by atoms with E-state index in [0.29, 0.717) is 11.4 Å². The number of diazo groups is 1. The van der Waals surface area contributed by atoms with Crippen LogP contribution in [0.15, 0.2) is 71.9 Å². The van der Waals surface area contributed by atoms with Crippen LogP contribution in [0.25, 0.3) is 28.0 Å². The van der Waals surface area contributed by atoms with Crippen molar-refractivity contribution in [2.24, 2.45) is 0 Å². The van der Waals surface area contributed by atoms with E-state index in [2.05, 4.69) is 40.1 Å². The van der Waals surface area contributed by atoms with Crippen LogP contribution in [0.3, 0.4) is 0 Å². The molecule has 0 atom stereocenters. The molecule has 0 fully saturated rings. The van der Waals surface area contributed by atoms with E-state index in [1.807, 2.05) is 0 Å². The van der Waals surface area contributed by atoms with Gasteiger partial charge in [-0.1, -0.05) is 6.07 Å². The smallest absolute Gasteiger partial charge is 0.278 e. The van der Waals surface area contributed by atoms with E-state index in [0.717, 1.165) is 0 Å². The molecule has 0 aliphatic rings. The second-order valence-electron chi connectivity index (χ2n) is 5.89. The van der Waals surface area contributed by atoms with Crippen LogP contribution in [0.1, 0.15) is 0 Å². The number of aromatic nitrogens is 6. The molecule has 4 rings (SSSR count). The standard InChI is InChI=1S/C18H12N9O2S/c19-22-12-4-7-14(8-5-12)30(28,29)27-13-6-9-16(21-11-13)18-25-23-17(24-26-18)15-3-1-2-10-20-15/h1-11,27H/q+1. The zero-order valence-electron chi connectivity index (χ0n) is 15.2. The lowest BCUT2D eigenvalue weighted by molar-refractivity contribution is 0.601. The molecule has 0 amide bonds. The number of hydrogen-bond donors (Lipinski definition) is 1. The van der Waals surface area contributed by atoms with Gasteiger partial charge in [-0.05, 0) is 36.4 Å².